The minimum Gasteiger partial charge on any atom is -0.466 e. The summed E-state index contributed by atoms with van der Waals surface area (Å²) < 4.78 is 16.5. The van der Waals surface area contributed by atoms with Gasteiger partial charge in [0, 0.05) is 12.3 Å². The van der Waals surface area contributed by atoms with E-state index < -0.39 is 7.80 Å². The molecule has 0 spiro atoms. The molecule has 0 radical (unpaired) electrons. The number of hydrogen-bond donors (Lipinski definition) is 1. The molecule has 5 heteroatoms. The maximum Gasteiger partial charge on any atom is 0.367 e. The van der Waals surface area contributed by atoms with Gasteiger partial charge < -0.3 is 9.84 Å². The Morgan fingerprint density at radius 3 is 2.65 bits per heavy atom. The van der Waals surface area contributed by atoms with Crippen LogP contribution in [0.3, 0.4) is 0 Å². The zero-order valence-electron chi connectivity index (χ0n) is 11.8. The summed E-state index contributed by atoms with van der Waals surface area (Å²) in [5.74, 6) is -0.0766. The third kappa shape index (κ3) is 6.27. The van der Waals surface area contributed by atoms with Crippen molar-refractivity contribution in [3.8, 4) is 0 Å². The molecule has 0 aliphatic carbocycles. The van der Waals surface area contributed by atoms with Crippen LogP contribution in [0.1, 0.15) is 37.7 Å². The van der Waals surface area contributed by atoms with Crippen molar-refractivity contribution in [3.63, 3.8) is 0 Å². The summed E-state index contributed by atoms with van der Waals surface area (Å²) >= 11 is 0. The molecule has 0 bridgehead atoms. The molecule has 0 saturated carbocycles. The van der Waals surface area contributed by atoms with E-state index >= 15 is 0 Å². The van der Waals surface area contributed by atoms with Crippen LogP contribution in [0.5, 0.6) is 0 Å². The van der Waals surface area contributed by atoms with Crippen molar-refractivity contribution in [2.24, 2.45) is 0 Å². The maximum atomic E-state index is 11.6. The molecule has 0 fully saturated rings. The van der Waals surface area contributed by atoms with Gasteiger partial charge in [0.25, 0.3) is 0 Å². The number of esters is 1. The first-order valence-corrected chi connectivity index (χ1v) is 8.53. The van der Waals surface area contributed by atoms with E-state index in [1.165, 1.54) is 0 Å². The van der Waals surface area contributed by atoms with Crippen molar-refractivity contribution in [2.75, 3.05) is 19.1 Å². The van der Waals surface area contributed by atoms with Crippen LogP contribution in [0.4, 0.5) is 0 Å². The fourth-order valence-electron chi connectivity index (χ4n) is 2.12. The van der Waals surface area contributed by atoms with E-state index in [0.717, 1.165) is 12.0 Å². The lowest BCUT2D eigenvalue weighted by Crippen LogP contribution is -2.07. The summed E-state index contributed by atoms with van der Waals surface area (Å²) in [5, 5.41) is 8.96. The van der Waals surface area contributed by atoms with Gasteiger partial charge >= 0.3 is 13.8 Å². The quantitative estimate of drug-likeness (QED) is 0.561. The number of hydrogen-bond acceptors (Lipinski definition) is 4. The van der Waals surface area contributed by atoms with E-state index in [4.69, 9.17) is 9.84 Å². The molecule has 20 heavy (non-hydrogen) atoms. The Morgan fingerprint density at radius 2 is 2.05 bits per heavy atom. The van der Waals surface area contributed by atoms with Crippen molar-refractivity contribution in [2.45, 2.75) is 32.1 Å². The van der Waals surface area contributed by atoms with E-state index in [-0.39, 0.29) is 18.2 Å². The van der Waals surface area contributed by atoms with Crippen molar-refractivity contribution < 1.29 is 19.2 Å². The second kappa shape index (κ2) is 9.62. The van der Waals surface area contributed by atoms with Crippen LogP contribution in [0.15, 0.2) is 30.3 Å². The van der Waals surface area contributed by atoms with Crippen LogP contribution >= 0.6 is 7.80 Å². The third-order valence-electron chi connectivity index (χ3n) is 3.09. The highest BCUT2D eigenvalue weighted by Gasteiger charge is 2.23. The van der Waals surface area contributed by atoms with Gasteiger partial charge in [-0.25, -0.2) is 0 Å². The zero-order valence-corrected chi connectivity index (χ0v) is 12.7. The van der Waals surface area contributed by atoms with Gasteiger partial charge in [0.05, 0.1) is 6.61 Å². The van der Waals surface area contributed by atoms with Gasteiger partial charge in [0.15, 0.2) is 6.16 Å². The van der Waals surface area contributed by atoms with Gasteiger partial charge in [-0.3, -0.25) is 4.79 Å². The lowest BCUT2D eigenvalue weighted by Gasteiger charge is -2.12. The number of carbonyl (C=O) groups is 1. The highest BCUT2D eigenvalue weighted by molar-refractivity contribution is 7.44. The van der Waals surface area contributed by atoms with Crippen LogP contribution in [0.2, 0.25) is 0 Å². The molecule has 1 aromatic rings. The van der Waals surface area contributed by atoms with Gasteiger partial charge in [-0.15, -0.1) is 0 Å². The first-order valence-electron chi connectivity index (χ1n) is 6.90. The zero-order chi connectivity index (χ0) is 14.8. The van der Waals surface area contributed by atoms with Gasteiger partial charge in [0.1, 0.15) is 0 Å². The van der Waals surface area contributed by atoms with Gasteiger partial charge in [-0.1, -0.05) is 34.9 Å². The van der Waals surface area contributed by atoms with E-state index in [0.29, 0.717) is 25.6 Å². The number of ether oxygens (including phenoxy) is 1. The normalized spacial score (nSPS) is 12.8. The molecule has 110 valence electrons. The molecular formula is C15H22O4P+. The molecule has 1 rings (SSSR count). The van der Waals surface area contributed by atoms with Crippen LogP contribution in [-0.2, 0) is 14.1 Å². The Hall–Kier alpha value is -1.25. The third-order valence-corrected chi connectivity index (χ3v) is 4.26. The van der Waals surface area contributed by atoms with Crippen molar-refractivity contribution in [3.05, 3.63) is 35.9 Å². The Balaban J connectivity index is 2.55. The fourth-order valence-corrected chi connectivity index (χ4v) is 3.12. The molecule has 2 atom stereocenters. The summed E-state index contributed by atoms with van der Waals surface area (Å²) in [7, 11) is -1.59. The largest absolute Gasteiger partial charge is 0.466 e. The summed E-state index contributed by atoms with van der Waals surface area (Å²) in [5.41, 5.74) is 1.10. The van der Waals surface area contributed by atoms with Crippen molar-refractivity contribution in [1.82, 2.24) is 0 Å². The predicted molar refractivity (Wildman–Crippen MR) is 79.2 cm³/mol. The molecule has 0 saturated heterocycles. The number of carbonyl (C=O) groups excluding carboxylic acids is 1. The van der Waals surface area contributed by atoms with Gasteiger partial charge in [-0.05, 0) is 25.3 Å². The minimum atomic E-state index is -1.59. The van der Waals surface area contributed by atoms with Crippen molar-refractivity contribution >= 4 is 13.8 Å². The second-order valence-corrected chi connectivity index (χ2v) is 6.22. The molecule has 1 N–H and O–H groups in total. The van der Waals surface area contributed by atoms with Crippen LogP contribution < -0.4 is 0 Å². The number of aliphatic hydroxyl groups excluding tert-OH is 1. The SMILES string of the molecule is CCOC(=O)CCCC(C[P+](=O)CO)c1ccccc1. The molecule has 0 aliphatic heterocycles. The topological polar surface area (TPSA) is 63.6 Å². The second-order valence-electron chi connectivity index (χ2n) is 4.61. The minimum absolute atomic E-state index is 0.112. The summed E-state index contributed by atoms with van der Waals surface area (Å²) in [6.07, 6.45) is 2.03. The fraction of sp³-hybridized carbons (Fsp3) is 0.533. The average Bonchev–Trinajstić information content (AvgIpc) is 2.47. The van der Waals surface area contributed by atoms with E-state index in [1.807, 2.05) is 30.3 Å². The van der Waals surface area contributed by atoms with Gasteiger partial charge in [-0.2, -0.15) is 0 Å². The number of rotatable bonds is 9. The highest BCUT2D eigenvalue weighted by Crippen LogP contribution is 2.32. The first-order chi connectivity index (χ1) is 9.67. The van der Waals surface area contributed by atoms with E-state index in [9.17, 15) is 9.36 Å². The van der Waals surface area contributed by atoms with Crippen molar-refractivity contribution in [1.29, 1.82) is 0 Å². The van der Waals surface area contributed by atoms with Crippen LogP contribution in [0, 0.1) is 0 Å². The molecular weight excluding hydrogens is 275 g/mol. The lowest BCUT2D eigenvalue weighted by atomic mass is 9.95. The molecule has 0 aromatic heterocycles. The highest BCUT2D eigenvalue weighted by atomic mass is 31.1. The molecule has 0 amide bonds. The Bertz CT molecular complexity index is 419. The molecule has 1 aromatic carbocycles. The summed E-state index contributed by atoms with van der Waals surface area (Å²) in [6.45, 7) is 2.19. The van der Waals surface area contributed by atoms with Crippen LogP contribution in [0.25, 0.3) is 0 Å². The number of benzene rings is 1. The smallest absolute Gasteiger partial charge is 0.367 e. The Kier molecular flexibility index (Phi) is 8.08. The summed E-state index contributed by atoms with van der Waals surface area (Å²) in [4.78, 5) is 11.3. The molecule has 2 unspecified atom stereocenters. The molecule has 4 nitrogen and oxygen atoms in total. The Labute approximate surface area is 120 Å². The van der Waals surface area contributed by atoms with Crippen LogP contribution in [-0.4, -0.2) is 30.2 Å². The van der Waals surface area contributed by atoms with Gasteiger partial charge in [0.2, 0.25) is 6.35 Å². The first kappa shape index (κ1) is 16.8. The molecule has 0 aliphatic rings. The summed E-state index contributed by atoms with van der Waals surface area (Å²) in [6, 6.07) is 9.82. The molecule has 0 heterocycles. The number of aliphatic hydroxyl groups is 1. The van der Waals surface area contributed by atoms with E-state index in [1.54, 1.807) is 6.92 Å². The average molecular weight is 297 g/mol. The monoisotopic (exact) mass is 297 g/mol. The Morgan fingerprint density at radius 1 is 1.35 bits per heavy atom. The maximum absolute atomic E-state index is 11.6. The lowest BCUT2D eigenvalue weighted by molar-refractivity contribution is -0.143. The predicted octanol–water partition coefficient (Wildman–Crippen LogP) is 3.28. The van der Waals surface area contributed by atoms with E-state index in [2.05, 4.69) is 0 Å². The standard InChI is InChI=1S/C15H22O4P/c1-2-19-15(17)10-6-9-14(11-20(18)12-16)13-7-4-3-5-8-13/h3-5,7-8,14,16H,2,6,9-12H2,1H3/q+1.